The number of aliphatic imine (C=N–C) groups is 1. The molecule has 0 saturated heterocycles. The van der Waals surface area contributed by atoms with Crippen LogP contribution >= 0.6 is 0 Å². The number of aryl methyl sites for hydroxylation is 2. The van der Waals surface area contributed by atoms with Crippen molar-refractivity contribution in [2.24, 2.45) is 4.99 Å². The van der Waals surface area contributed by atoms with E-state index in [0.29, 0.717) is 0 Å². The van der Waals surface area contributed by atoms with E-state index >= 15 is 0 Å². The molecular formula is C16H26N6. The summed E-state index contributed by atoms with van der Waals surface area (Å²) in [7, 11) is 0. The van der Waals surface area contributed by atoms with Crippen molar-refractivity contribution in [1.82, 2.24) is 25.4 Å². The van der Waals surface area contributed by atoms with E-state index in [1.807, 2.05) is 18.3 Å². The molecular weight excluding hydrogens is 276 g/mol. The number of nitrogens with zero attached hydrogens (tertiary/aromatic N) is 3. The highest BCUT2D eigenvalue weighted by Crippen LogP contribution is 2.05. The van der Waals surface area contributed by atoms with Gasteiger partial charge in [-0.2, -0.15) is 5.10 Å². The van der Waals surface area contributed by atoms with Gasteiger partial charge >= 0.3 is 0 Å². The molecule has 0 amide bonds. The first-order valence-corrected chi connectivity index (χ1v) is 7.91. The smallest absolute Gasteiger partial charge is 0.191 e. The van der Waals surface area contributed by atoms with E-state index in [-0.39, 0.29) is 0 Å². The summed E-state index contributed by atoms with van der Waals surface area (Å²) >= 11 is 0. The molecule has 0 unspecified atom stereocenters. The minimum absolute atomic E-state index is 0.809. The van der Waals surface area contributed by atoms with Gasteiger partial charge in [-0.05, 0) is 44.4 Å². The van der Waals surface area contributed by atoms with Crippen molar-refractivity contribution in [2.45, 2.75) is 33.2 Å². The molecule has 6 heteroatoms. The molecule has 0 bridgehead atoms. The highest BCUT2D eigenvalue weighted by Gasteiger charge is 2.00. The number of hydrogen-bond acceptors (Lipinski definition) is 2. The van der Waals surface area contributed by atoms with Crippen LogP contribution in [0.15, 0.2) is 35.7 Å². The fourth-order valence-corrected chi connectivity index (χ4v) is 2.25. The molecule has 6 nitrogen and oxygen atoms in total. The third-order valence-electron chi connectivity index (χ3n) is 3.48. The van der Waals surface area contributed by atoms with Gasteiger partial charge in [-0.3, -0.25) is 10.1 Å². The lowest BCUT2D eigenvalue weighted by atomic mass is 10.1. The Hall–Kier alpha value is -2.24. The van der Waals surface area contributed by atoms with Crippen LogP contribution in [0.25, 0.3) is 0 Å². The molecule has 2 aromatic rings. The van der Waals surface area contributed by atoms with Crippen LogP contribution < -0.4 is 10.6 Å². The molecule has 3 N–H and O–H groups in total. The lowest BCUT2D eigenvalue weighted by Gasteiger charge is -2.11. The summed E-state index contributed by atoms with van der Waals surface area (Å²) in [5.41, 5.74) is 2.43. The maximum absolute atomic E-state index is 4.62. The molecule has 0 atom stereocenters. The summed E-state index contributed by atoms with van der Waals surface area (Å²) in [5, 5.41) is 13.7. The van der Waals surface area contributed by atoms with Crippen molar-refractivity contribution < 1.29 is 0 Å². The molecule has 0 aliphatic rings. The predicted octanol–water partition coefficient (Wildman–Crippen LogP) is 1.71. The average Bonchev–Trinajstić information content (AvgIpc) is 3.15. The summed E-state index contributed by atoms with van der Waals surface area (Å²) in [5.74, 6) is 0.888. The van der Waals surface area contributed by atoms with E-state index in [1.54, 1.807) is 0 Å². The molecule has 120 valence electrons. The topological polar surface area (TPSA) is 70.0 Å². The largest absolute Gasteiger partial charge is 0.357 e. The zero-order valence-electron chi connectivity index (χ0n) is 13.5. The average molecular weight is 302 g/mol. The van der Waals surface area contributed by atoms with Crippen molar-refractivity contribution in [3.63, 3.8) is 0 Å². The lowest BCUT2D eigenvalue weighted by molar-refractivity contribution is 0.664. The van der Waals surface area contributed by atoms with Gasteiger partial charge in [0, 0.05) is 44.3 Å². The first-order valence-electron chi connectivity index (χ1n) is 7.91. The van der Waals surface area contributed by atoms with E-state index in [1.165, 1.54) is 5.56 Å². The van der Waals surface area contributed by atoms with E-state index in [9.17, 15) is 0 Å². The highest BCUT2D eigenvalue weighted by atomic mass is 15.2. The van der Waals surface area contributed by atoms with Crippen molar-refractivity contribution in [1.29, 1.82) is 0 Å². The molecule has 0 aliphatic carbocycles. The molecule has 0 aromatic carbocycles. The molecule has 22 heavy (non-hydrogen) atoms. The number of aromatic nitrogens is 3. The second-order valence-electron chi connectivity index (χ2n) is 5.23. The number of aromatic amines is 1. The Labute approximate surface area is 132 Å². The molecule has 0 aliphatic heterocycles. The summed E-state index contributed by atoms with van der Waals surface area (Å²) in [6.45, 7) is 7.61. The van der Waals surface area contributed by atoms with Crippen LogP contribution in [-0.2, 0) is 13.0 Å². The van der Waals surface area contributed by atoms with Crippen molar-refractivity contribution in [2.75, 3.05) is 19.6 Å². The maximum atomic E-state index is 4.62. The van der Waals surface area contributed by atoms with Crippen LogP contribution in [0, 0.1) is 6.92 Å². The van der Waals surface area contributed by atoms with Crippen LogP contribution in [-0.4, -0.2) is 40.4 Å². The molecule has 0 fully saturated rings. The van der Waals surface area contributed by atoms with E-state index in [2.05, 4.69) is 56.6 Å². The van der Waals surface area contributed by atoms with Crippen LogP contribution in [0.2, 0.25) is 0 Å². The Morgan fingerprint density at radius 2 is 2.14 bits per heavy atom. The Bertz CT molecular complexity index is 555. The fraction of sp³-hybridized carbons (Fsp3) is 0.500. The third-order valence-corrected chi connectivity index (χ3v) is 3.48. The van der Waals surface area contributed by atoms with Gasteiger partial charge in [0.25, 0.3) is 0 Å². The summed E-state index contributed by atoms with van der Waals surface area (Å²) in [6, 6.07) is 4.08. The molecule has 0 saturated carbocycles. The molecule has 0 spiro atoms. The Morgan fingerprint density at radius 3 is 2.82 bits per heavy atom. The van der Waals surface area contributed by atoms with Gasteiger partial charge in [-0.25, -0.2) is 0 Å². The van der Waals surface area contributed by atoms with Crippen molar-refractivity contribution in [3.05, 3.63) is 42.0 Å². The van der Waals surface area contributed by atoms with Crippen LogP contribution in [0.1, 0.15) is 24.6 Å². The first-order chi connectivity index (χ1) is 10.8. The highest BCUT2D eigenvalue weighted by molar-refractivity contribution is 5.79. The standard InChI is InChI=1S/C16H26N6/c1-3-17-16(19-9-12-22-10-4-5-11-22)18-8-6-7-15-13-20-21-14(15)2/h4-5,10-11,13H,3,6-9,12H2,1-2H3,(H,20,21)(H2,17,18,19). The van der Waals surface area contributed by atoms with E-state index < -0.39 is 0 Å². The Morgan fingerprint density at radius 1 is 1.32 bits per heavy atom. The van der Waals surface area contributed by atoms with Gasteiger partial charge in [0.15, 0.2) is 5.96 Å². The Kier molecular flexibility index (Phi) is 6.54. The van der Waals surface area contributed by atoms with Gasteiger partial charge < -0.3 is 15.2 Å². The van der Waals surface area contributed by atoms with Gasteiger partial charge in [-0.1, -0.05) is 0 Å². The predicted molar refractivity (Wildman–Crippen MR) is 90.1 cm³/mol. The van der Waals surface area contributed by atoms with Gasteiger partial charge in [-0.15, -0.1) is 0 Å². The zero-order chi connectivity index (χ0) is 15.6. The second kappa shape index (κ2) is 8.92. The first kappa shape index (κ1) is 16.1. The number of H-pyrrole nitrogens is 1. The molecule has 2 heterocycles. The second-order valence-corrected chi connectivity index (χ2v) is 5.23. The Balaban J connectivity index is 1.70. The van der Waals surface area contributed by atoms with Crippen molar-refractivity contribution in [3.8, 4) is 0 Å². The molecule has 2 aromatic heterocycles. The minimum atomic E-state index is 0.809. The molecule has 0 radical (unpaired) electrons. The number of nitrogens with one attached hydrogen (secondary N) is 3. The third kappa shape index (κ3) is 5.27. The summed E-state index contributed by atoms with van der Waals surface area (Å²) in [6.07, 6.45) is 8.07. The zero-order valence-corrected chi connectivity index (χ0v) is 13.5. The monoisotopic (exact) mass is 302 g/mol. The normalized spacial score (nSPS) is 11.6. The minimum Gasteiger partial charge on any atom is -0.357 e. The van der Waals surface area contributed by atoms with Crippen LogP contribution in [0.3, 0.4) is 0 Å². The van der Waals surface area contributed by atoms with Crippen LogP contribution in [0.5, 0.6) is 0 Å². The maximum Gasteiger partial charge on any atom is 0.191 e. The van der Waals surface area contributed by atoms with E-state index in [4.69, 9.17) is 0 Å². The number of hydrogen-bond donors (Lipinski definition) is 3. The summed E-state index contributed by atoms with van der Waals surface area (Å²) < 4.78 is 2.15. The van der Waals surface area contributed by atoms with E-state index in [0.717, 1.165) is 50.7 Å². The van der Waals surface area contributed by atoms with Gasteiger partial charge in [0.2, 0.25) is 0 Å². The fourth-order valence-electron chi connectivity index (χ4n) is 2.25. The molecule has 2 rings (SSSR count). The summed E-state index contributed by atoms with van der Waals surface area (Å²) in [4.78, 5) is 4.62. The van der Waals surface area contributed by atoms with Crippen molar-refractivity contribution >= 4 is 5.96 Å². The SMILES string of the molecule is CCNC(=NCCCc1cn[nH]c1C)NCCn1cccc1. The van der Waals surface area contributed by atoms with Crippen LogP contribution in [0.4, 0.5) is 0 Å². The quantitative estimate of drug-likeness (QED) is 0.395. The number of rotatable bonds is 8. The lowest BCUT2D eigenvalue weighted by Crippen LogP contribution is -2.38. The number of guanidine groups is 1. The van der Waals surface area contributed by atoms with Gasteiger partial charge in [0.1, 0.15) is 0 Å². The van der Waals surface area contributed by atoms with Gasteiger partial charge in [0.05, 0.1) is 6.20 Å².